The van der Waals surface area contributed by atoms with Gasteiger partial charge in [-0.1, -0.05) is 145 Å². The summed E-state index contributed by atoms with van der Waals surface area (Å²) in [7, 11) is 0. The molecule has 5 aromatic rings. The van der Waals surface area contributed by atoms with E-state index in [0.717, 1.165) is 24.3 Å². The number of ether oxygens (including phenoxy) is 2. The molecule has 0 bridgehead atoms. The number of benzene rings is 5. The van der Waals surface area contributed by atoms with Crippen LogP contribution in [0.5, 0.6) is 5.75 Å². The van der Waals surface area contributed by atoms with Crippen molar-refractivity contribution in [3.63, 3.8) is 0 Å². The maximum Gasteiger partial charge on any atom is 0.321 e. The van der Waals surface area contributed by atoms with Crippen molar-refractivity contribution in [2.75, 3.05) is 13.2 Å². The van der Waals surface area contributed by atoms with Crippen molar-refractivity contribution < 1.29 is 19.4 Å². The third-order valence-electron chi connectivity index (χ3n) is 7.29. The Hall–Kier alpha value is -4.77. The summed E-state index contributed by atoms with van der Waals surface area (Å²) >= 11 is 0. The van der Waals surface area contributed by atoms with Crippen molar-refractivity contribution >= 4 is 12.0 Å². The lowest BCUT2D eigenvalue weighted by Crippen LogP contribution is -2.43. The SMILES string of the molecule is CCOCC.Cc1ccc(OC(=O)C2C=Cc3ccccc3C2(O)c2ccccc2)cc1.c1ccc(-c2ccccc2)cc1. The van der Waals surface area contributed by atoms with Crippen LogP contribution < -0.4 is 4.74 Å². The van der Waals surface area contributed by atoms with Crippen LogP contribution in [-0.4, -0.2) is 24.3 Å². The van der Waals surface area contributed by atoms with Gasteiger partial charge in [-0.3, -0.25) is 4.79 Å². The number of aryl methyl sites for hydroxylation is 1. The number of hydrogen-bond donors (Lipinski definition) is 1. The van der Waals surface area contributed by atoms with E-state index in [4.69, 9.17) is 9.47 Å². The first-order valence-corrected chi connectivity index (χ1v) is 15.0. The number of hydrogen-bond acceptors (Lipinski definition) is 4. The highest BCUT2D eigenvalue weighted by atomic mass is 16.5. The molecule has 0 spiro atoms. The Balaban J connectivity index is 0.000000214. The van der Waals surface area contributed by atoms with Crippen LogP contribution >= 0.6 is 0 Å². The number of carbonyl (C=O) groups is 1. The molecule has 0 radical (unpaired) electrons. The smallest absolute Gasteiger partial charge is 0.321 e. The molecule has 0 fully saturated rings. The average molecular weight is 585 g/mol. The molecule has 0 amide bonds. The first kappa shape index (κ1) is 32.2. The van der Waals surface area contributed by atoms with E-state index in [9.17, 15) is 9.90 Å². The minimum absolute atomic E-state index is 0.466. The molecule has 1 N–H and O–H groups in total. The molecule has 1 aliphatic carbocycles. The van der Waals surface area contributed by atoms with E-state index in [0.29, 0.717) is 16.9 Å². The van der Waals surface area contributed by atoms with Crippen molar-refractivity contribution in [1.82, 2.24) is 0 Å². The van der Waals surface area contributed by atoms with Gasteiger partial charge >= 0.3 is 5.97 Å². The number of rotatable bonds is 6. The standard InChI is InChI=1S/C24H20O3.C12H10.C4H10O/c1-17-11-14-20(15-12-17)27-23(25)22-16-13-18-7-5-6-10-21(18)24(22,26)19-8-3-2-4-9-19;1-3-7-11(8-4-1)12-9-5-2-6-10-12;1-3-5-4-2/h2-16,22,26H,1H3;1-10H;3-4H2,1-2H3. The summed E-state index contributed by atoms with van der Waals surface area (Å²) in [6.07, 6.45) is 3.60. The monoisotopic (exact) mass is 584 g/mol. The number of fused-ring (bicyclic) bond motifs is 1. The molecule has 6 rings (SSSR count). The summed E-state index contributed by atoms with van der Waals surface area (Å²) in [4.78, 5) is 13.0. The van der Waals surface area contributed by atoms with Gasteiger partial charge in [-0.15, -0.1) is 0 Å². The van der Waals surface area contributed by atoms with Crippen molar-refractivity contribution in [1.29, 1.82) is 0 Å². The van der Waals surface area contributed by atoms with E-state index in [1.54, 1.807) is 18.2 Å². The van der Waals surface area contributed by atoms with Crippen molar-refractivity contribution in [3.8, 4) is 16.9 Å². The molecule has 224 valence electrons. The van der Waals surface area contributed by atoms with E-state index in [2.05, 4.69) is 48.5 Å². The van der Waals surface area contributed by atoms with Crippen LogP contribution in [0.3, 0.4) is 0 Å². The van der Waals surface area contributed by atoms with Crippen LogP contribution in [0.4, 0.5) is 0 Å². The minimum atomic E-state index is -1.49. The van der Waals surface area contributed by atoms with Gasteiger partial charge in [-0.05, 0) is 60.7 Å². The molecule has 4 nitrogen and oxygen atoms in total. The van der Waals surface area contributed by atoms with E-state index >= 15 is 0 Å². The minimum Gasteiger partial charge on any atom is -0.426 e. The molecule has 0 saturated carbocycles. The predicted octanol–water partition coefficient (Wildman–Crippen LogP) is 8.88. The maximum atomic E-state index is 13.0. The highest BCUT2D eigenvalue weighted by Crippen LogP contribution is 2.43. The van der Waals surface area contributed by atoms with Gasteiger partial charge in [-0.25, -0.2) is 0 Å². The molecule has 44 heavy (non-hydrogen) atoms. The third-order valence-corrected chi connectivity index (χ3v) is 7.29. The molecule has 4 heteroatoms. The van der Waals surface area contributed by atoms with Crippen LogP contribution in [0.2, 0.25) is 0 Å². The highest BCUT2D eigenvalue weighted by Gasteiger charge is 2.46. The molecular weight excluding hydrogens is 544 g/mol. The second-order valence-electron chi connectivity index (χ2n) is 10.3. The van der Waals surface area contributed by atoms with Gasteiger partial charge in [0.15, 0.2) is 0 Å². The Labute approximate surface area is 261 Å². The lowest BCUT2D eigenvalue weighted by molar-refractivity contribution is -0.144. The van der Waals surface area contributed by atoms with E-state index < -0.39 is 17.5 Å². The fraction of sp³-hybridized carbons (Fsp3) is 0.175. The topological polar surface area (TPSA) is 55.8 Å². The van der Waals surface area contributed by atoms with Gasteiger partial charge in [0.2, 0.25) is 0 Å². The number of aliphatic hydroxyl groups is 1. The van der Waals surface area contributed by atoms with Crippen LogP contribution in [0.1, 0.15) is 36.1 Å². The second-order valence-corrected chi connectivity index (χ2v) is 10.3. The molecule has 0 aromatic heterocycles. The fourth-order valence-electron chi connectivity index (χ4n) is 5.02. The average Bonchev–Trinajstić information content (AvgIpc) is 3.08. The van der Waals surface area contributed by atoms with E-state index in [-0.39, 0.29) is 0 Å². The summed E-state index contributed by atoms with van der Waals surface area (Å²) < 4.78 is 10.4. The van der Waals surface area contributed by atoms with E-state index in [1.807, 2.05) is 106 Å². The molecule has 5 aromatic carbocycles. The highest BCUT2D eigenvalue weighted by molar-refractivity contribution is 5.83. The Morgan fingerprint density at radius 3 is 1.70 bits per heavy atom. The Morgan fingerprint density at radius 1 is 0.682 bits per heavy atom. The number of carbonyl (C=O) groups excluding carboxylic acids is 1. The summed E-state index contributed by atoms with van der Waals surface area (Å²) in [5, 5.41) is 11.8. The number of esters is 1. The molecular formula is C40H40O4. The molecule has 0 heterocycles. The van der Waals surface area contributed by atoms with Gasteiger partial charge in [0.1, 0.15) is 17.3 Å². The summed E-state index contributed by atoms with van der Waals surface area (Å²) in [5.74, 6) is -0.875. The molecule has 1 aliphatic rings. The first-order valence-electron chi connectivity index (χ1n) is 15.0. The predicted molar refractivity (Wildman–Crippen MR) is 179 cm³/mol. The summed E-state index contributed by atoms with van der Waals surface area (Å²) in [6, 6.07) is 44.9. The molecule has 2 unspecified atom stereocenters. The third kappa shape index (κ3) is 8.19. The lowest BCUT2D eigenvalue weighted by Gasteiger charge is -2.37. The first-order chi connectivity index (χ1) is 21.5. The van der Waals surface area contributed by atoms with Crippen LogP contribution in [0.15, 0.2) is 146 Å². The van der Waals surface area contributed by atoms with Gasteiger partial charge in [0.25, 0.3) is 0 Å². The lowest BCUT2D eigenvalue weighted by atomic mass is 9.71. The zero-order valence-electron chi connectivity index (χ0n) is 25.6. The summed E-state index contributed by atoms with van der Waals surface area (Å²) in [5.41, 5.74) is 4.40. The van der Waals surface area contributed by atoms with Gasteiger partial charge in [0.05, 0.1) is 0 Å². The molecule has 0 saturated heterocycles. The zero-order chi connectivity index (χ0) is 31.2. The Morgan fingerprint density at radius 2 is 1.18 bits per heavy atom. The van der Waals surface area contributed by atoms with Gasteiger partial charge in [0, 0.05) is 13.2 Å². The zero-order valence-corrected chi connectivity index (χ0v) is 25.6. The fourth-order valence-corrected chi connectivity index (χ4v) is 5.02. The largest absolute Gasteiger partial charge is 0.426 e. The summed E-state index contributed by atoms with van der Waals surface area (Å²) in [6.45, 7) is 7.64. The van der Waals surface area contributed by atoms with Crippen LogP contribution in [-0.2, 0) is 15.1 Å². The van der Waals surface area contributed by atoms with Gasteiger partial charge in [-0.2, -0.15) is 0 Å². The van der Waals surface area contributed by atoms with Crippen molar-refractivity contribution in [2.45, 2.75) is 26.4 Å². The van der Waals surface area contributed by atoms with E-state index in [1.165, 1.54) is 11.1 Å². The quantitative estimate of drug-likeness (QED) is 0.160. The van der Waals surface area contributed by atoms with Gasteiger partial charge < -0.3 is 14.6 Å². The Bertz CT molecular complexity index is 1560. The molecule has 0 aliphatic heterocycles. The normalized spacial score (nSPS) is 16.3. The van der Waals surface area contributed by atoms with Crippen LogP contribution in [0.25, 0.3) is 17.2 Å². The maximum absolute atomic E-state index is 13.0. The molecule has 2 atom stereocenters. The van der Waals surface area contributed by atoms with Crippen LogP contribution in [0, 0.1) is 12.8 Å². The second kappa shape index (κ2) is 16.2. The van der Waals surface area contributed by atoms with Crippen molar-refractivity contribution in [3.05, 3.63) is 168 Å². The Kier molecular flexibility index (Phi) is 11.8. The van der Waals surface area contributed by atoms with Crippen molar-refractivity contribution in [2.24, 2.45) is 5.92 Å².